The molecule has 1 heterocycles. The number of aliphatic carboxylic acids is 3. The first-order valence-electron chi connectivity index (χ1n) is 30.2. The molecule has 7 amide bonds. The van der Waals surface area contributed by atoms with E-state index in [9.17, 15) is 63.0 Å². The summed E-state index contributed by atoms with van der Waals surface area (Å²) in [7, 11) is 1.47. The first-order valence-corrected chi connectivity index (χ1v) is 31.3. The van der Waals surface area contributed by atoms with Crippen LogP contribution < -0.4 is 59.3 Å². The topological polar surface area (TPSA) is 451 Å². The van der Waals surface area contributed by atoms with Crippen LogP contribution >= 0.6 is 22.6 Å². The largest absolute Gasteiger partial charge is 0.507 e. The Bertz CT molecular complexity index is 2970. The Morgan fingerprint density at radius 2 is 1.25 bits per heavy atom. The number of amides is 7. The molecule has 0 unspecified atom stereocenters. The number of carbonyl (C=O) groups excluding carboxylic acids is 8. The number of likely N-dealkylation sites (N-methyl/N-ethyl adjacent to an activating group) is 1. The molecule has 500 valence electrons. The van der Waals surface area contributed by atoms with Gasteiger partial charge in [-0.3, -0.25) is 72.4 Å². The van der Waals surface area contributed by atoms with E-state index in [-0.39, 0.29) is 166 Å². The number of phenols is 1. The molecule has 0 saturated carbocycles. The van der Waals surface area contributed by atoms with Gasteiger partial charge in [-0.2, -0.15) is 0 Å². The third kappa shape index (κ3) is 29.2. The van der Waals surface area contributed by atoms with E-state index in [4.69, 9.17) is 21.7 Å². The van der Waals surface area contributed by atoms with Gasteiger partial charge in [-0.05, 0) is 115 Å². The van der Waals surface area contributed by atoms with Crippen LogP contribution in [0.1, 0.15) is 75.3 Å². The minimum Gasteiger partial charge on any atom is -0.507 e. The van der Waals surface area contributed by atoms with Crippen molar-refractivity contribution in [2.75, 3.05) is 105 Å². The van der Waals surface area contributed by atoms with Crippen LogP contribution in [0.25, 0.3) is 10.8 Å². The molecule has 0 radical (unpaired) electrons. The number of hydrogen-bond acceptors (Lipinski definition) is 18. The normalized spacial score (nSPS) is 17.4. The molecule has 4 rings (SSSR count). The maximum absolute atomic E-state index is 14.8. The fourth-order valence-corrected chi connectivity index (χ4v) is 10.6. The van der Waals surface area contributed by atoms with Crippen molar-refractivity contribution in [2.24, 2.45) is 16.5 Å². The molecule has 1 fully saturated rings. The van der Waals surface area contributed by atoms with Crippen LogP contribution in [0.3, 0.4) is 0 Å². The van der Waals surface area contributed by atoms with Gasteiger partial charge in [-0.1, -0.05) is 48.5 Å². The number of nitrogens with zero attached hydrogens (tertiary/aromatic N) is 4. The van der Waals surface area contributed by atoms with Crippen LogP contribution in [0.4, 0.5) is 0 Å². The van der Waals surface area contributed by atoms with E-state index in [2.05, 4.69) is 52.8 Å². The fraction of sp³-hybridized carbons (Fsp3) is 0.533. The van der Waals surface area contributed by atoms with Gasteiger partial charge in [0, 0.05) is 91.1 Å². The lowest BCUT2D eigenvalue weighted by Crippen LogP contribution is -2.68. The number of aromatic hydroxyl groups is 1. The van der Waals surface area contributed by atoms with Crippen LogP contribution in [0.15, 0.2) is 65.7 Å². The number of aldehydes is 1. The molecule has 0 bridgehead atoms. The van der Waals surface area contributed by atoms with Gasteiger partial charge in [-0.25, -0.2) is 0 Å². The van der Waals surface area contributed by atoms with Gasteiger partial charge in [0.2, 0.25) is 41.4 Å². The Labute approximate surface area is 541 Å². The number of fused-ring (bicyclic) bond motifs is 1. The Morgan fingerprint density at radius 1 is 0.670 bits per heavy atom. The van der Waals surface area contributed by atoms with Gasteiger partial charge in [0.15, 0.2) is 17.9 Å². The number of guanidine groups is 1. The molecule has 30 nitrogen and oxygen atoms in total. The van der Waals surface area contributed by atoms with E-state index < -0.39 is 71.9 Å². The molecule has 31 heteroatoms. The third-order valence-corrected chi connectivity index (χ3v) is 15.7. The summed E-state index contributed by atoms with van der Waals surface area (Å²) in [5, 5.41) is 64.4. The Morgan fingerprint density at radius 3 is 1.85 bits per heavy atom. The van der Waals surface area contributed by atoms with E-state index >= 15 is 0 Å². The molecule has 1 aliphatic rings. The molecule has 1 saturated heterocycles. The zero-order chi connectivity index (χ0) is 66.7. The van der Waals surface area contributed by atoms with Crippen molar-refractivity contribution in [2.45, 2.75) is 101 Å². The summed E-state index contributed by atoms with van der Waals surface area (Å²) < 4.78 is 0.447. The lowest BCUT2D eigenvalue weighted by molar-refractivity contribution is -0.141. The van der Waals surface area contributed by atoms with Crippen molar-refractivity contribution in [3.63, 3.8) is 0 Å². The minimum absolute atomic E-state index is 0.00578. The lowest BCUT2D eigenvalue weighted by atomic mass is 9.95. The van der Waals surface area contributed by atoms with Crippen molar-refractivity contribution in [3.05, 3.63) is 75.4 Å². The summed E-state index contributed by atoms with van der Waals surface area (Å²) in [6.07, 6.45) is 2.85. The maximum Gasteiger partial charge on any atom is 0.317 e. The molecule has 17 N–H and O–H groups in total. The first-order chi connectivity index (χ1) is 43.5. The SMILES string of the molecule is CN1[C@H](CCCNC(=O)CCCCNC(=O)CCCCNC(=O)CN(CCNCC(=O)O)CCN(CCNCC(=O)O)CC(=O)O)C(=O)N[C@@H](CCCN=C(N)N)C(=O)N[C@@H](Cc2ccc3ccccc3c2)C(=O)NCC(=O)N[C@]1(C=O)Cc1ccc(O)c(I)c1. The number of nitrogens with one attached hydrogen (secondary N) is 9. The highest BCUT2D eigenvalue weighted by Gasteiger charge is 2.43. The highest BCUT2D eigenvalue weighted by atomic mass is 127. The van der Waals surface area contributed by atoms with Crippen molar-refractivity contribution in [1.82, 2.24) is 62.6 Å². The predicted molar refractivity (Wildman–Crippen MR) is 345 cm³/mol. The van der Waals surface area contributed by atoms with Crippen LogP contribution in [0, 0.1) is 3.57 Å². The molecular formula is C60H88IN15O15. The Hall–Kier alpha value is -8.11. The number of carboxylic acids is 3. The standard InChI is InChI=1S/C60H88IN15O15/c1-74-47(13-9-22-67-50(80)15-4-6-20-66-49(79)14-5-7-21-68-52(82)37-75(26-24-64-35-53(83)84)28-29-76(38-55(87)88)27-25-65-36-54(85)86)58(91)71-45(12-8-23-69-59(62)63)57(90)72-46(32-40-16-18-42-10-2-3-11-43(42)30-40)56(89)70-34-51(81)73-60(74,39-77)33-41-17-19-48(78)44(61)31-41/h2-3,10-11,16-19,30-31,39,45-47,64-65,78H,4-9,12-15,20-29,32-38H2,1H3,(H,66,79)(H,67,80)(H,68,82)(H,70,89)(H,71,91)(H,72,90)(H,73,81)(H,83,84)(H,85,86)(H,87,88)(H4,62,63,69)/t45-,46-,47+,60+/m0/s1. The number of benzene rings is 3. The van der Waals surface area contributed by atoms with Crippen molar-refractivity contribution >= 4 is 105 Å². The lowest BCUT2D eigenvalue weighted by Gasteiger charge is -2.42. The summed E-state index contributed by atoms with van der Waals surface area (Å²) in [5.74, 6) is -7.14. The van der Waals surface area contributed by atoms with Crippen molar-refractivity contribution in [1.29, 1.82) is 0 Å². The number of carboxylic acid groups (broad SMARTS) is 3. The van der Waals surface area contributed by atoms with Crippen LogP contribution in [-0.2, 0) is 65.6 Å². The number of nitrogens with two attached hydrogens (primary N) is 2. The second-order valence-corrected chi connectivity index (χ2v) is 23.2. The van der Waals surface area contributed by atoms with Gasteiger partial charge in [-0.15, -0.1) is 0 Å². The average molecular weight is 1390 g/mol. The van der Waals surface area contributed by atoms with Crippen LogP contribution in [-0.4, -0.2) is 236 Å². The summed E-state index contributed by atoms with van der Waals surface area (Å²) in [6, 6.07) is 14.1. The molecular weight excluding hydrogens is 1300 g/mol. The van der Waals surface area contributed by atoms with E-state index in [0.29, 0.717) is 53.2 Å². The summed E-state index contributed by atoms with van der Waals surface area (Å²) in [5.41, 5.74) is 10.4. The van der Waals surface area contributed by atoms with Gasteiger partial charge in [0.25, 0.3) is 0 Å². The number of hydrogen-bond donors (Lipinski definition) is 15. The number of rotatable bonds is 40. The molecule has 91 heavy (non-hydrogen) atoms. The van der Waals surface area contributed by atoms with Gasteiger partial charge in [0.05, 0.1) is 42.3 Å². The fourth-order valence-electron chi connectivity index (χ4n) is 9.98. The third-order valence-electron chi connectivity index (χ3n) is 14.8. The number of carbonyl (C=O) groups is 11. The van der Waals surface area contributed by atoms with Crippen molar-refractivity contribution < 1.29 is 73.2 Å². The zero-order valence-electron chi connectivity index (χ0n) is 51.3. The zero-order valence-corrected chi connectivity index (χ0v) is 53.4. The highest BCUT2D eigenvalue weighted by Crippen LogP contribution is 2.26. The first kappa shape index (κ1) is 75.3. The van der Waals surface area contributed by atoms with Gasteiger partial charge in [0.1, 0.15) is 17.8 Å². The van der Waals surface area contributed by atoms with Crippen molar-refractivity contribution in [3.8, 4) is 5.75 Å². The molecule has 3 aromatic carbocycles. The second kappa shape index (κ2) is 40.6. The van der Waals surface area contributed by atoms with Crippen LogP contribution in [0.2, 0.25) is 0 Å². The number of unbranched alkanes of at least 4 members (excludes halogenated alkanes) is 2. The van der Waals surface area contributed by atoms with E-state index in [1.807, 2.05) is 65.1 Å². The monoisotopic (exact) mass is 1390 g/mol. The molecule has 0 spiro atoms. The second-order valence-electron chi connectivity index (χ2n) is 22.0. The highest BCUT2D eigenvalue weighted by molar-refractivity contribution is 14.1. The van der Waals surface area contributed by atoms with E-state index in [0.717, 1.165) is 10.8 Å². The quantitative estimate of drug-likeness (QED) is 0.00954. The average Bonchev–Trinajstić information content (AvgIpc) is 0.897. The number of aliphatic imine (C=N–C) groups is 1. The Kier molecular flexibility index (Phi) is 33.6. The molecule has 0 aromatic heterocycles. The van der Waals surface area contributed by atoms with Gasteiger partial charge >= 0.3 is 17.9 Å². The minimum atomic E-state index is -1.96. The summed E-state index contributed by atoms with van der Waals surface area (Å²) in [4.78, 5) is 152. The Balaban J connectivity index is 1.33. The van der Waals surface area contributed by atoms with Crippen LogP contribution in [0.5, 0.6) is 5.75 Å². The molecule has 0 aliphatic carbocycles. The summed E-state index contributed by atoms with van der Waals surface area (Å²) in [6.45, 7) is 0.661. The van der Waals surface area contributed by atoms with Gasteiger partial charge < -0.3 is 79.7 Å². The molecule has 4 atom stereocenters. The van der Waals surface area contributed by atoms with E-state index in [1.54, 1.807) is 21.9 Å². The molecule has 1 aliphatic heterocycles. The molecule has 3 aromatic rings. The summed E-state index contributed by atoms with van der Waals surface area (Å²) >= 11 is 1.92. The number of phenolic OH excluding ortho intramolecular Hbond substituents is 1. The predicted octanol–water partition coefficient (Wildman–Crippen LogP) is -2.09. The number of halogens is 1. The smallest absolute Gasteiger partial charge is 0.317 e. The van der Waals surface area contributed by atoms with E-state index in [1.165, 1.54) is 18.0 Å². The maximum atomic E-state index is 14.8.